The molecule has 0 bridgehead atoms. The van der Waals surface area contributed by atoms with Crippen molar-refractivity contribution in [3.05, 3.63) is 24.3 Å². The number of hydrogen-bond donors (Lipinski definition) is 0. The lowest BCUT2D eigenvalue weighted by Crippen LogP contribution is -2.35. The van der Waals surface area contributed by atoms with Gasteiger partial charge in [0, 0.05) is 25.9 Å². The summed E-state index contributed by atoms with van der Waals surface area (Å²) in [6.07, 6.45) is 9.38. The number of hydroxylamine groups is 2. The molecule has 1 saturated heterocycles. The molecular formula is C19H33NO3. The third-order valence-electron chi connectivity index (χ3n) is 5.39. The molecule has 0 aromatic rings. The Kier molecular flexibility index (Phi) is 6.43. The second kappa shape index (κ2) is 7.93. The molecule has 1 fully saturated rings. The number of nitrogens with zero attached hydrogens (tertiary/aromatic N) is 1. The average molecular weight is 323 g/mol. The SMILES string of the molecule is C=CCN(CCC1COC2(CC=C(C(C)(C)CC)CC2)O1)OC. The second-order valence-electron chi connectivity index (χ2n) is 7.28. The summed E-state index contributed by atoms with van der Waals surface area (Å²) in [4.78, 5) is 5.31. The summed E-state index contributed by atoms with van der Waals surface area (Å²) in [7, 11) is 1.69. The molecule has 0 saturated carbocycles. The minimum absolute atomic E-state index is 0.159. The van der Waals surface area contributed by atoms with Crippen LogP contribution < -0.4 is 0 Å². The van der Waals surface area contributed by atoms with Crippen LogP contribution >= 0.6 is 0 Å². The van der Waals surface area contributed by atoms with E-state index in [1.807, 2.05) is 11.1 Å². The first kappa shape index (κ1) is 18.7. The van der Waals surface area contributed by atoms with E-state index >= 15 is 0 Å². The van der Waals surface area contributed by atoms with E-state index in [0.717, 1.165) is 38.8 Å². The highest BCUT2D eigenvalue weighted by Crippen LogP contribution is 2.43. The van der Waals surface area contributed by atoms with E-state index in [-0.39, 0.29) is 11.9 Å². The first-order chi connectivity index (χ1) is 10.9. The van der Waals surface area contributed by atoms with E-state index in [1.54, 1.807) is 12.7 Å². The molecule has 0 aromatic carbocycles. The van der Waals surface area contributed by atoms with E-state index in [9.17, 15) is 0 Å². The molecule has 2 atom stereocenters. The molecule has 2 rings (SSSR count). The van der Waals surface area contributed by atoms with Gasteiger partial charge in [-0.05, 0) is 24.7 Å². The molecule has 2 unspecified atom stereocenters. The fraction of sp³-hybridized carbons (Fsp3) is 0.789. The lowest BCUT2D eigenvalue weighted by molar-refractivity contribution is -0.177. The van der Waals surface area contributed by atoms with Gasteiger partial charge >= 0.3 is 0 Å². The minimum atomic E-state index is -0.381. The van der Waals surface area contributed by atoms with Gasteiger partial charge < -0.3 is 14.3 Å². The highest BCUT2D eigenvalue weighted by atomic mass is 16.7. The maximum Gasteiger partial charge on any atom is 0.172 e. The zero-order valence-corrected chi connectivity index (χ0v) is 15.3. The summed E-state index contributed by atoms with van der Waals surface area (Å²) in [6.45, 7) is 12.9. The van der Waals surface area contributed by atoms with E-state index < -0.39 is 0 Å². The Morgan fingerprint density at radius 3 is 2.87 bits per heavy atom. The molecule has 23 heavy (non-hydrogen) atoms. The summed E-state index contributed by atoms with van der Waals surface area (Å²) in [5.41, 5.74) is 1.85. The van der Waals surface area contributed by atoms with Crippen molar-refractivity contribution in [3.8, 4) is 0 Å². The van der Waals surface area contributed by atoms with Gasteiger partial charge in [-0.3, -0.25) is 0 Å². The van der Waals surface area contributed by atoms with Gasteiger partial charge in [-0.1, -0.05) is 38.5 Å². The van der Waals surface area contributed by atoms with Gasteiger partial charge in [0.15, 0.2) is 5.79 Å². The van der Waals surface area contributed by atoms with Gasteiger partial charge in [0.2, 0.25) is 0 Å². The van der Waals surface area contributed by atoms with Crippen molar-refractivity contribution in [2.75, 3.05) is 26.8 Å². The Hall–Kier alpha value is -0.680. The predicted molar refractivity (Wildman–Crippen MR) is 93.0 cm³/mol. The lowest BCUT2D eigenvalue weighted by Gasteiger charge is -2.36. The standard InChI is InChI=1S/C19H33NO3/c1-6-13-20(21-5)14-10-17-15-22-19(23-17)11-8-16(9-12-19)18(3,4)7-2/h6,8,17H,1,7,9-15H2,2-5H3. The minimum Gasteiger partial charge on any atom is -0.347 e. The Labute approximate surface area is 141 Å². The van der Waals surface area contributed by atoms with Crippen molar-refractivity contribution in [1.29, 1.82) is 0 Å². The number of hydrogen-bond acceptors (Lipinski definition) is 4. The molecule has 2 aliphatic rings. The molecule has 0 aromatic heterocycles. The van der Waals surface area contributed by atoms with Gasteiger partial charge in [0.1, 0.15) is 0 Å². The van der Waals surface area contributed by atoms with E-state index in [2.05, 4.69) is 33.4 Å². The number of rotatable bonds is 8. The van der Waals surface area contributed by atoms with Crippen LogP contribution in [0.15, 0.2) is 24.3 Å². The summed E-state index contributed by atoms with van der Waals surface area (Å²) < 4.78 is 12.4. The summed E-state index contributed by atoms with van der Waals surface area (Å²) in [5.74, 6) is -0.381. The smallest absolute Gasteiger partial charge is 0.172 e. The Morgan fingerprint density at radius 2 is 2.30 bits per heavy atom. The van der Waals surface area contributed by atoms with Gasteiger partial charge in [-0.15, -0.1) is 6.58 Å². The van der Waals surface area contributed by atoms with Gasteiger partial charge in [0.05, 0.1) is 19.8 Å². The van der Waals surface area contributed by atoms with Crippen LogP contribution in [0.5, 0.6) is 0 Å². The summed E-state index contributed by atoms with van der Waals surface area (Å²) in [5, 5.41) is 1.89. The van der Waals surface area contributed by atoms with Crippen LogP contribution in [0.2, 0.25) is 0 Å². The molecule has 0 N–H and O–H groups in total. The highest BCUT2D eigenvalue weighted by molar-refractivity contribution is 5.17. The van der Waals surface area contributed by atoms with Crippen LogP contribution in [-0.2, 0) is 14.3 Å². The van der Waals surface area contributed by atoms with Crippen molar-refractivity contribution in [2.45, 2.75) is 64.8 Å². The Balaban J connectivity index is 1.85. The van der Waals surface area contributed by atoms with E-state index in [0.29, 0.717) is 12.0 Å². The average Bonchev–Trinajstić information content (AvgIpc) is 2.94. The fourth-order valence-electron chi connectivity index (χ4n) is 3.34. The Bertz CT molecular complexity index is 432. The van der Waals surface area contributed by atoms with E-state index in [4.69, 9.17) is 14.3 Å². The van der Waals surface area contributed by atoms with Crippen molar-refractivity contribution in [2.24, 2.45) is 5.41 Å². The summed E-state index contributed by atoms with van der Waals surface area (Å²) in [6, 6.07) is 0. The third kappa shape index (κ3) is 4.66. The van der Waals surface area contributed by atoms with Crippen LogP contribution in [-0.4, -0.2) is 43.8 Å². The van der Waals surface area contributed by atoms with Crippen LogP contribution in [0.25, 0.3) is 0 Å². The molecule has 0 radical (unpaired) electrons. The quantitative estimate of drug-likeness (QED) is 0.497. The number of ether oxygens (including phenoxy) is 2. The summed E-state index contributed by atoms with van der Waals surface area (Å²) >= 11 is 0. The zero-order chi connectivity index (χ0) is 16.9. The van der Waals surface area contributed by atoms with Gasteiger partial charge in [-0.25, -0.2) is 0 Å². The third-order valence-corrected chi connectivity index (χ3v) is 5.39. The first-order valence-corrected chi connectivity index (χ1v) is 8.86. The molecule has 132 valence electrons. The Morgan fingerprint density at radius 1 is 1.52 bits per heavy atom. The molecule has 4 nitrogen and oxygen atoms in total. The first-order valence-electron chi connectivity index (χ1n) is 8.86. The van der Waals surface area contributed by atoms with Crippen molar-refractivity contribution in [3.63, 3.8) is 0 Å². The zero-order valence-electron chi connectivity index (χ0n) is 15.3. The molecule has 1 heterocycles. The van der Waals surface area contributed by atoms with Crippen molar-refractivity contribution < 1.29 is 14.3 Å². The van der Waals surface area contributed by atoms with Crippen LogP contribution in [0, 0.1) is 5.41 Å². The molecule has 1 aliphatic carbocycles. The van der Waals surface area contributed by atoms with Gasteiger partial charge in [0.25, 0.3) is 0 Å². The largest absolute Gasteiger partial charge is 0.347 e. The topological polar surface area (TPSA) is 30.9 Å². The predicted octanol–water partition coefficient (Wildman–Crippen LogP) is 4.08. The van der Waals surface area contributed by atoms with Crippen LogP contribution in [0.3, 0.4) is 0 Å². The van der Waals surface area contributed by atoms with Crippen LogP contribution in [0.4, 0.5) is 0 Å². The van der Waals surface area contributed by atoms with Gasteiger partial charge in [-0.2, -0.15) is 5.06 Å². The molecule has 4 heteroatoms. The number of allylic oxidation sites excluding steroid dienone is 1. The van der Waals surface area contributed by atoms with E-state index in [1.165, 1.54) is 6.42 Å². The van der Waals surface area contributed by atoms with Crippen molar-refractivity contribution >= 4 is 0 Å². The lowest BCUT2D eigenvalue weighted by atomic mass is 9.75. The maximum absolute atomic E-state index is 6.28. The molecular weight excluding hydrogens is 290 g/mol. The monoisotopic (exact) mass is 323 g/mol. The molecule has 0 amide bonds. The second-order valence-corrected chi connectivity index (χ2v) is 7.28. The normalized spacial score (nSPS) is 28.4. The van der Waals surface area contributed by atoms with Crippen LogP contribution in [0.1, 0.15) is 52.9 Å². The molecule has 1 aliphatic heterocycles. The van der Waals surface area contributed by atoms with Crippen molar-refractivity contribution in [1.82, 2.24) is 5.06 Å². The molecule has 1 spiro atoms. The highest BCUT2D eigenvalue weighted by Gasteiger charge is 2.43. The maximum atomic E-state index is 6.28. The fourth-order valence-corrected chi connectivity index (χ4v) is 3.34.